The number of methoxy groups -OCH3 is 1. The van der Waals surface area contributed by atoms with Gasteiger partial charge in [0.25, 0.3) is 0 Å². The van der Waals surface area contributed by atoms with Crippen molar-refractivity contribution in [1.82, 2.24) is 0 Å². The first-order valence-electron chi connectivity index (χ1n) is 7.25. The first-order valence-corrected chi connectivity index (χ1v) is 7.25. The van der Waals surface area contributed by atoms with Gasteiger partial charge in [-0.25, -0.2) is 0 Å². The first-order chi connectivity index (χ1) is 11.0. The molecule has 0 fully saturated rings. The third-order valence-corrected chi connectivity index (χ3v) is 3.41. The Morgan fingerprint density at radius 2 is 2.04 bits per heavy atom. The lowest BCUT2D eigenvalue weighted by molar-refractivity contribution is -0.114. The topological polar surface area (TPSA) is 74.2 Å². The summed E-state index contributed by atoms with van der Waals surface area (Å²) in [7, 11) is 1.58. The van der Waals surface area contributed by atoms with Gasteiger partial charge in [-0.15, -0.1) is 0 Å². The molecule has 2 aromatic carbocycles. The van der Waals surface area contributed by atoms with Crippen LogP contribution < -0.4 is 15.4 Å². The van der Waals surface area contributed by atoms with Crippen LogP contribution in [0, 0.1) is 11.3 Å². The number of hydrogen-bond donors (Lipinski definition) is 2. The van der Waals surface area contributed by atoms with Crippen LogP contribution >= 0.6 is 0 Å². The molecule has 0 aromatic heterocycles. The van der Waals surface area contributed by atoms with Crippen molar-refractivity contribution in [2.75, 3.05) is 17.7 Å². The number of hydrogen-bond acceptors (Lipinski definition) is 4. The highest BCUT2D eigenvalue weighted by atomic mass is 16.5. The van der Waals surface area contributed by atoms with Crippen molar-refractivity contribution < 1.29 is 9.53 Å². The Kier molecular flexibility index (Phi) is 5.21. The maximum absolute atomic E-state index is 11.1. The van der Waals surface area contributed by atoms with E-state index in [0.717, 1.165) is 11.3 Å². The second kappa shape index (κ2) is 7.32. The van der Waals surface area contributed by atoms with Crippen molar-refractivity contribution in [2.45, 2.75) is 19.9 Å². The fourth-order valence-corrected chi connectivity index (χ4v) is 2.29. The van der Waals surface area contributed by atoms with Gasteiger partial charge < -0.3 is 15.4 Å². The highest BCUT2D eigenvalue weighted by Gasteiger charge is 2.10. The molecule has 23 heavy (non-hydrogen) atoms. The van der Waals surface area contributed by atoms with Crippen molar-refractivity contribution in [3.63, 3.8) is 0 Å². The second-order valence-electron chi connectivity index (χ2n) is 5.20. The molecule has 1 atom stereocenters. The zero-order valence-corrected chi connectivity index (χ0v) is 13.4. The number of nitriles is 1. The SMILES string of the molecule is COc1cc(NC(C)=O)ccc1NC(C)c1cccc(C#N)c1. The third kappa shape index (κ3) is 4.24. The molecule has 0 saturated carbocycles. The van der Waals surface area contributed by atoms with Crippen LogP contribution in [0.5, 0.6) is 5.75 Å². The Bertz CT molecular complexity index is 750. The van der Waals surface area contributed by atoms with Gasteiger partial charge in [-0.2, -0.15) is 5.26 Å². The predicted octanol–water partition coefficient (Wildman–Crippen LogP) is 3.70. The molecule has 1 amide bonds. The number of benzene rings is 2. The summed E-state index contributed by atoms with van der Waals surface area (Å²) in [5.41, 5.74) is 3.14. The van der Waals surface area contributed by atoms with Gasteiger partial charge in [-0.05, 0) is 36.8 Å². The Morgan fingerprint density at radius 3 is 2.70 bits per heavy atom. The zero-order chi connectivity index (χ0) is 16.8. The minimum absolute atomic E-state index is 0.00353. The molecule has 0 aliphatic rings. The molecule has 2 rings (SSSR count). The molecule has 118 valence electrons. The standard InChI is InChI=1S/C18H19N3O2/c1-12(15-6-4-5-14(9-15)11-19)20-17-8-7-16(21-13(2)22)10-18(17)23-3/h4-10,12,20H,1-3H3,(H,21,22). The van der Waals surface area contributed by atoms with Crippen molar-refractivity contribution in [1.29, 1.82) is 5.26 Å². The Morgan fingerprint density at radius 1 is 1.26 bits per heavy atom. The van der Waals surface area contributed by atoms with Crippen molar-refractivity contribution in [3.8, 4) is 11.8 Å². The van der Waals surface area contributed by atoms with Crippen LogP contribution in [0.25, 0.3) is 0 Å². The van der Waals surface area contributed by atoms with E-state index in [1.807, 2.05) is 37.3 Å². The molecule has 0 aliphatic carbocycles. The van der Waals surface area contributed by atoms with Gasteiger partial charge in [0.15, 0.2) is 0 Å². The maximum Gasteiger partial charge on any atom is 0.221 e. The molecule has 2 aromatic rings. The third-order valence-electron chi connectivity index (χ3n) is 3.41. The van der Waals surface area contributed by atoms with Crippen LogP contribution in [0.15, 0.2) is 42.5 Å². The predicted molar refractivity (Wildman–Crippen MR) is 90.5 cm³/mol. The van der Waals surface area contributed by atoms with E-state index in [1.54, 1.807) is 19.2 Å². The molecule has 5 nitrogen and oxygen atoms in total. The first kappa shape index (κ1) is 16.4. The lowest BCUT2D eigenvalue weighted by Crippen LogP contribution is -2.09. The van der Waals surface area contributed by atoms with Gasteiger partial charge in [-0.3, -0.25) is 4.79 Å². The van der Waals surface area contributed by atoms with E-state index < -0.39 is 0 Å². The summed E-state index contributed by atoms with van der Waals surface area (Å²) < 4.78 is 5.38. The number of amides is 1. The summed E-state index contributed by atoms with van der Waals surface area (Å²) in [6, 6.07) is 15.0. The van der Waals surface area contributed by atoms with Crippen LogP contribution in [-0.2, 0) is 4.79 Å². The molecule has 5 heteroatoms. The summed E-state index contributed by atoms with van der Waals surface area (Å²) in [5.74, 6) is 0.508. The summed E-state index contributed by atoms with van der Waals surface area (Å²) >= 11 is 0. The number of carbonyl (C=O) groups is 1. The number of nitrogens with one attached hydrogen (secondary N) is 2. The molecule has 0 aliphatic heterocycles. The number of carbonyl (C=O) groups excluding carboxylic acids is 1. The molecule has 1 unspecified atom stereocenters. The number of ether oxygens (including phenoxy) is 1. The molecule has 0 spiro atoms. The van der Waals surface area contributed by atoms with Crippen molar-refractivity contribution in [2.24, 2.45) is 0 Å². The second-order valence-corrected chi connectivity index (χ2v) is 5.20. The minimum Gasteiger partial charge on any atom is -0.495 e. The van der Waals surface area contributed by atoms with Crippen LogP contribution in [0.1, 0.15) is 31.0 Å². The lowest BCUT2D eigenvalue weighted by Gasteiger charge is -2.19. The highest BCUT2D eigenvalue weighted by molar-refractivity contribution is 5.89. The van der Waals surface area contributed by atoms with Crippen LogP contribution in [0.3, 0.4) is 0 Å². The zero-order valence-electron chi connectivity index (χ0n) is 13.4. The summed E-state index contributed by atoms with van der Waals surface area (Å²) in [6.07, 6.45) is 0. The van der Waals surface area contributed by atoms with Crippen LogP contribution in [-0.4, -0.2) is 13.0 Å². The molecular weight excluding hydrogens is 290 g/mol. The smallest absolute Gasteiger partial charge is 0.221 e. The highest BCUT2D eigenvalue weighted by Crippen LogP contribution is 2.31. The number of rotatable bonds is 5. The van der Waals surface area contributed by atoms with Gasteiger partial charge >= 0.3 is 0 Å². The maximum atomic E-state index is 11.1. The van der Waals surface area contributed by atoms with Crippen molar-refractivity contribution in [3.05, 3.63) is 53.6 Å². The van der Waals surface area contributed by atoms with Crippen LogP contribution in [0.2, 0.25) is 0 Å². The Labute approximate surface area is 135 Å². The average molecular weight is 309 g/mol. The summed E-state index contributed by atoms with van der Waals surface area (Å²) in [5, 5.41) is 15.1. The van der Waals surface area contributed by atoms with Gasteiger partial charge in [0.1, 0.15) is 5.75 Å². The van der Waals surface area contributed by atoms with E-state index >= 15 is 0 Å². The molecule has 0 radical (unpaired) electrons. The van der Waals surface area contributed by atoms with Gasteiger partial charge in [-0.1, -0.05) is 12.1 Å². The van der Waals surface area contributed by atoms with E-state index in [4.69, 9.17) is 10.00 Å². The fraction of sp³-hybridized carbons (Fsp3) is 0.222. The normalized spacial score (nSPS) is 11.2. The quantitative estimate of drug-likeness (QED) is 0.883. The summed E-state index contributed by atoms with van der Waals surface area (Å²) in [4.78, 5) is 11.1. The summed E-state index contributed by atoms with van der Waals surface area (Å²) in [6.45, 7) is 3.47. The average Bonchev–Trinajstić information content (AvgIpc) is 2.55. The lowest BCUT2D eigenvalue weighted by atomic mass is 10.1. The van der Waals surface area contributed by atoms with Gasteiger partial charge in [0.05, 0.1) is 24.4 Å². The molecule has 0 bridgehead atoms. The fourth-order valence-electron chi connectivity index (χ4n) is 2.29. The molecule has 0 heterocycles. The molecular formula is C18H19N3O2. The minimum atomic E-state index is -0.130. The number of nitrogens with zero attached hydrogens (tertiary/aromatic N) is 1. The van der Waals surface area contributed by atoms with E-state index in [1.165, 1.54) is 6.92 Å². The van der Waals surface area contributed by atoms with Gasteiger partial charge in [0.2, 0.25) is 5.91 Å². The van der Waals surface area contributed by atoms with E-state index in [9.17, 15) is 4.79 Å². The largest absolute Gasteiger partial charge is 0.495 e. The van der Waals surface area contributed by atoms with Crippen molar-refractivity contribution >= 4 is 17.3 Å². The number of anilines is 2. The Balaban J connectivity index is 2.21. The van der Waals surface area contributed by atoms with Crippen LogP contribution in [0.4, 0.5) is 11.4 Å². The Hall–Kier alpha value is -3.00. The monoisotopic (exact) mass is 309 g/mol. The van der Waals surface area contributed by atoms with E-state index in [2.05, 4.69) is 16.7 Å². The van der Waals surface area contributed by atoms with E-state index in [-0.39, 0.29) is 11.9 Å². The molecule has 2 N–H and O–H groups in total. The van der Waals surface area contributed by atoms with Gasteiger partial charge in [0, 0.05) is 24.7 Å². The van der Waals surface area contributed by atoms with E-state index in [0.29, 0.717) is 17.0 Å². The molecule has 0 saturated heterocycles.